The van der Waals surface area contributed by atoms with Gasteiger partial charge in [0.15, 0.2) is 0 Å². The van der Waals surface area contributed by atoms with Gasteiger partial charge in [0.2, 0.25) is 0 Å². The van der Waals surface area contributed by atoms with Crippen LogP contribution in [0, 0.1) is 5.92 Å². The van der Waals surface area contributed by atoms with E-state index in [1.807, 2.05) is 0 Å². The highest BCUT2D eigenvalue weighted by molar-refractivity contribution is 6.69. The molecule has 1 aromatic carbocycles. The van der Waals surface area contributed by atoms with E-state index >= 15 is 0 Å². The van der Waals surface area contributed by atoms with Gasteiger partial charge in [0.1, 0.15) is 11.5 Å². The van der Waals surface area contributed by atoms with Gasteiger partial charge in [-0.25, -0.2) is 0 Å². The van der Waals surface area contributed by atoms with Crippen LogP contribution in [-0.2, 0) is 0 Å². The molecule has 0 spiro atoms. The van der Waals surface area contributed by atoms with Crippen LogP contribution in [0.3, 0.4) is 0 Å². The fraction of sp³-hybridized carbons (Fsp3) is 0.529. The Morgan fingerprint density at radius 3 is 2.13 bits per heavy atom. The van der Waals surface area contributed by atoms with Gasteiger partial charge in [0.25, 0.3) is 10.5 Å². The first-order chi connectivity index (χ1) is 10.9. The number of carbonyl (C=O) groups is 2. The maximum atomic E-state index is 11.6. The van der Waals surface area contributed by atoms with Crippen molar-refractivity contribution in [3.05, 3.63) is 23.3 Å². The Morgan fingerprint density at radius 1 is 1.09 bits per heavy atom. The van der Waals surface area contributed by atoms with Gasteiger partial charge in [0.05, 0.1) is 24.8 Å². The van der Waals surface area contributed by atoms with Gasteiger partial charge in [-0.3, -0.25) is 9.59 Å². The van der Waals surface area contributed by atoms with Crippen molar-refractivity contribution in [2.24, 2.45) is 5.92 Å². The van der Waals surface area contributed by atoms with Crippen LogP contribution in [0.25, 0.3) is 0 Å². The van der Waals surface area contributed by atoms with Crippen LogP contribution in [0.15, 0.2) is 12.1 Å². The molecule has 0 aromatic heterocycles. The number of rotatable bonds is 10. The van der Waals surface area contributed by atoms with E-state index in [2.05, 4.69) is 13.8 Å². The highest BCUT2D eigenvalue weighted by Gasteiger charge is 2.20. The van der Waals surface area contributed by atoms with Crippen molar-refractivity contribution in [1.82, 2.24) is 0 Å². The Balaban J connectivity index is 3.05. The smallest absolute Gasteiger partial charge is 0.256 e. The minimum atomic E-state index is -0.682. The maximum absolute atomic E-state index is 11.6. The third-order valence-corrected chi connectivity index (χ3v) is 4.15. The number of ether oxygens (including phenoxy) is 2. The molecule has 0 aliphatic heterocycles. The topological polar surface area (TPSA) is 52.6 Å². The van der Waals surface area contributed by atoms with Crippen LogP contribution in [-0.4, -0.2) is 24.2 Å². The molecule has 0 bridgehead atoms. The van der Waals surface area contributed by atoms with Crippen LogP contribution >= 0.6 is 23.2 Å². The lowest BCUT2D eigenvalue weighted by Gasteiger charge is -2.18. The fourth-order valence-corrected chi connectivity index (χ4v) is 2.56. The van der Waals surface area contributed by atoms with E-state index in [4.69, 9.17) is 32.7 Å². The number of benzene rings is 1. The number of hydrogen-bond donors (Lipinski definition) is 0. The third-order valence-electron chi connectivity index (χ3n) is 3.74. The summed E-state index contributed by atoms with van der Waals surface area (Å²) in [6, 6.07) is 2.80. The molecule has 0 amide bonds. The van der Waals surface area contributed by atoms with E-state index in [1.165, 1.54) is 19.2 Å². The molecule has 0 aliphatic carbocycles. The molecule has 128 valence electrons. The first-order valence-electron chi connectivity index (χ1n) is 7.69. The van der Waals surface area contributed by atoms with Crippen molar-refractivity contribution in [3.63, 3.8) is 0 Å². The zero-order chi connectivity index (χ0) is 17.4. The molecule has 0 heterocycles. The van der Waals surface area contributed by atoms with E-state index in [0.29, 0.717) is 12.5 Å². The zero-order valence-electron chi connectivity index (χ0n) is 13.7. The van der Waals surface area contributed by atoms with Gasteiger partial charge in [-0.05, 0) is 47.7 Å². The standard InChI is InChI=1S/C17H22Cl2O4/c1-4-6-7-11(5-2)10-23-15-9-12(16(18)20)14(22-3)8-13(15)17(19)21/h8-9,11H,4-7,10H2,1-3H3. The Bertz CT molecular complexity index is 558. The Morgan fingerprint density at radius 2 is 1.65 bits per heavy atom. The Labute approximate surface area is 147 Å². The van der Waals surface area contributed by atoms with Crippen LogP contribution in [0.1, 0.15) is 60.2 Å². The van der Waals surface area contributed by atoms with Crippen molar-refractivity contribution in [1.29, 1.82) is 0 Å². The molecular weight excluding hydrogens is 339 g/mol. The Hall–Kier alpha value is -1.26. The molecule has 0 N–H and O–H groups in total. The van der Waals surface area contributed by atoms with Crippen molar-refractivity contribution in [3.8, 4) is 11.5 Å². The lowest BCUT2D eigenvalue weighted by atomic mass is 10.0. The zero-order valence-corrected chi connectivity index (χ0v) is 15.2. The average Bonchev–Trinajstić information content (AvgIpc) is 2.53. The summed E-state index contributed by atoms with van der Waals surface area (Å²) in [7, 11) is 1.39. The summed E-state index contributed by atoms with van der Waals surface area (Å²) in [6.07, 6.45) is 4.27. The SMILES string of the molecule is CCCCC(CC)COc1cc(C(=O)Cl)c(OC)cc1C(=O)Cl. The fourth-order valence-electron chi connectivity index (χ4n) is 2.26. The molecule has 0 saturated heterocycles. The molecule has 1 rings (SSSR count). The van der Waals surface area contributed by atoms with Crippen molar-refractivity contribution in [2.75, 3.05) is 13.7 Å². The Kier molecular flexibility index (Phi) is 8.42. The second kappa shape index (κ2) is 9.78. The minimum Gasteiger partial charge on any atom is -0.496 e. The lowest BCUT2D eigenvalue weighted by Crippen LogP contribution is -2.13. The van der Waals surface area contributed by atoms with E-state index < -0.39 is 10.5 Å². The van der Waals surface area contributed by atoms with Crippen LogP contribution in [0.5, 0.6) is 11.5 Å². The maximum Gasteiger partial charge on any atom is 0.256 e. The second-order valence-electron chi connectivity index (χ2n) is 5.32. The van der Waals surface area contributed by atoms with Crippen LogP contribution in [0.4, 0.5) is 0 Å². The van der Waals surface area contributed by atoms with Gasteiger partial charge < -0.3 is 9.47 Å². The van der Waals surface area contributed by atoms with Gasteiger partial charge in [-0.2, -0.15) is 0 Å². The molecular formula is C17H22Cl2O4. The predicted octanol–water partition coefficient (Wildman–Crippen LogP) is 5.05. The van der Waals surface area contributed by atoms with Crippen LogP contribution < -0.4 is 9.47 Å². The average molecular weight is 361 g/mol. The predicted molar refractivity (Wildman–Crippen MR) is 92.2 cm³/mol. The number of unbranched alkanes of at least 4 members (excludes halogenated alkanes) is 1. The minimum absolute atomic E-state index is 0.146. The first-order valence-corrected chi connectivity index (χ1v) is 8.44. The summed E-state index contributed by atoms with van der Waals surface area (Å²) in [5.41, 5.74) is 0.308. The molecule has 1 unspecified atom stereocenters. The van der Waals surface area contributed by atoms with E-state index in [9.17, 15) is 9.59 Å². The molecule has 1 atom stereocenters. The van der Waals surface area contributed by atoms with E-state index in [1.54, 1.807) is 0 Å². The first kappa shape index (κ1) is 19.8. The molecule has 0 fully saturated rings. The van der Waals surface area contributed by atoms with E-state index in [0.717, 1.165) is 25.7 Å². The molecule has 6 heteroatoms. The second-order valence-corrected chi connectivity index (χ2v) is 6.01. The molecule has 0 aliphatic rings. The van der Waals surface area contributed by atoms with Crippen LogP contribution in [0.2, 0.25) is 0 Å². The summed E-state index contributed by atoms with van der Waals surface area (Å²) in [5, 5.41) is -1.35. The molecule has 4 nitrogen and oxygen atoms in total. The molecule has 0 radical (unpaired) electrons. The number of halogens is 2. The normalized spacial score (nSPS) is 11.9. The molecule has 1 aromatic rings. The highest BCUT2D eigenvalue weighted by Crippen LogP contribution is 2.32. The number of hydrogen-bond acceptors (Lipinski definition) is 4. The highest BCUT2D eigenvalue weighted by atomic mass is 35.5. The van der Waals surface area contributed by atoms with E-state index in [-0.39, 0.29) is 22.6 Å². The van der Waals surface area contributed by atoms with Crippen molar-refractivity contribution >= 4 is 33.7 Å². The van der Waals surface area contributed by atoms with Crippen molar-refractivity contribution < 1.29 is 19.1 Å². The number of carbonyl (C=O) groups excluding carboxylic acids is 2. The van der Waals surface area contributed by atoms with Gasteiger partial charge in [-0.15, -0.1) is 0 Å². The summed E-state index contributed by atoms with van der Waals surface area (Å²) in [5.74, 6) is 0.828. The van der Waals surface area contributed by atoms with Gasteiger partial charge >= 0.3 is 0 Å². The quantitative estimate of drug-likeness (QED) is 0.548. The lowest BCUT2D eigenvalue weighted by molar-refractivity contribution is 0.106. The van der Waals surface area contributed by atoms with Gasteiger partial charge in [0, 0.05) is 0 Å². The molecule has 0 saturated carbocycles. The monoisotopic (exact) mass is 360 g/mol. The summed E-state index contributed by atoms with van der Waals surface area (Å²) in [6.45, 7) is 4.69. The summed E-state index contributed by atoms with van der Waals surface area (Å²) >= 11 is 11.2. The molecule has 23 heavy (non-hydrogen) atoms. The third kappa shape index (κ3) is 5.70. The van der Waals surface area contributed by atoms with Gasteiger partial charge in [-0.1, -0.05) is 33.1 Å². The largest absolute Gasteiger partial charge is 0.496 e. The number of methoxy groups -OCH3 is 1. The summed E-state index contributed by atoms with van der Waals surface area (Å²) in [4.78, 5) is 23.1. The summed E-state index contributed by atoms with van der Waals surface area (Å²) < 4.78 is 10.8. The van der Waals surface area contributed by atoms with Crippen molar-refractivity contribution in [2.45, 2.75) is 39.5 Å².